The minimum absolute atomic E-state index is 0.580. The Morgan fingerprint density at radius 1 is 0.958 bits per heavy atom. The van der Waals surface area contributed by atoms with Crippen LogP contribution in [0.15, 0.2) is 72.9 Å². The van der Waals surface area contributed by atoms with Gasteiger partial charge in [0.25, 0.3) is 0 Å². The van der Waals surface area contributed by atoms with Crippen LogP contribution in [-0.4, -0.2) is 4.98 Å². The summed E-state index contributed by atoms with van der Waals surface area (Å²) >= 11 is 7.38. The smallest absolute Gasteiger partial charge is 0.183 e. The van der Waals surface area contributed by atoms with Crippen LogP contribution in [0.5, 0.6) is 0 Å². The van der Waals surface area contributed by atoms with Crippen molar-refractivity contribution in [2.75, 3.05) is 5.32 Å². The van der Waals surface area contributed by atoms with Crippen molar-refractivity contribution in [3.8, 4) is 11.1 Å². The molecule has 0 unspecified atom stereocenters. The SMILES string of the molecule is Clc1ncc(CNc2cccc(-c3cccc4ccccc34)c2)s1. The van der Waals surface area contributed by atoms with Gasteiger partial charge in [-0.15, -0.1) is 11.3 Å². The third-order valence-corrected chi connectivity index (χ3v) is 5.07. The highest BCUT2D eigenvalue weighted by atomic mass is 35.5. The van der Waals surface area contributed by atoms with Gasteiger partial charge in [0.05, 0.1) is 6.54 Å². The summed E-state index contributed by atoms with van der Waals surface area (Å²) in [5.74, 6) is 0. The Labute approximate surface area is 149 Å². The molecule has 4 rings (SSSR count). The summed E-state index contributed by atoms with van der Waals surface area (Å²) in [6, 6.07) is 23.4. The van der Waals surface area contributed by atoms with E-state index in [1.807, 2.05) is 6.20 Å². The lowest BCUT2D eigenvalue weighted by Crippen LogP contribution is -1.97. The first kappa shape index (κ1) is 15.2. The van der Waals surface area contributed by atoms with Crippen LogP contribution in [0.3, 0.4) is 0 Å². The fourth-order valence-electron chi connectivity index (χ4n) is 2.83. The number of fused-ring (bicyclic) bond motifs is 1. The average molecular weight is 351 g/mol. The van der Waals surface area contributed by atoms with Crippen molar-refractivity contribution in [2.45, 2.75) is 6.54 Å². The normalized spacial score (nSPS) is 10.9. The Balaban J connectivity index is 1.64. The molecule has 4 aromatic rings. The number of aromatic nitrogens is 1. The summed E-state index contributed by atoms with van der Waals surface area (Å²) in [6.45, 7) is 0.726. The summed E-state index contributed by atoms with van der Waals surface area (Å²) in [5.41, 5.74) is 3.54. The molecule has 0 aliphatic carbocycles. The molecule has 0 bridgehead atoms. The summed E-state index contributed by atoms with van der Waals surface area (Å²) in [7, 11) is 0. The maximum atomic E-state index is 5.88. The van der Waals surface area contributed by atoms with Gasteiger partial charge in [-0.05, 0) is 34.0 Å². The lowest BCUT2D eigenvalue weighted by Gasteiger charge is -2.10. The standard InChI is InChI=1S/C20H15ClN2S/c21-20-23-13-17(24-20)12-22-16-8-3-7-15(11-16)19-10-4-6-14-5-1-2-9-18(14)19/h1-11,13,22H,12H2. The van der Waals surface area contributed by atoms with E-state index in [-0.39, 0.29) is 0 Å². The van der Waals surface area contributed by atoms with Gasteiger partial charge >= 0.3 is 0 Å². The van der Waals surface area contributed by atoms with E-state index in [1.54, 1.807) is 0 Å². The van der Waals surface area contributed by atoms with E-state index in [4.69, 9.17) is 11.6 Å². The van der Waals surface area contributed by atoms with Crippen molar-refractivity contribution in [3.05, 3.63) is 82.3 Å². The second-order valence-corrected chi connectivity index (χ2v) is 7.24. The van der Waals surface area contributed by atoms with Crippen molar-refractivity contribution in [1.82, 2.24) is 4.98 Å². The molecule has 0 fully saturated rings. The maximum absolute atomic E-state index is 5.88. The van der Waals surface area contributed by atoms with E-state index >= 15 is 0 Å². The topological polar surface area (TPSA) is 24.9 Å². The van der Waals surface area contributed by atoms with Gasteiger partial charge in [0, 0.05) is 16.8 Å². The molecular formula is C20H15ClN2S. The number of hydrogen-bond acceptors (Lipinski definition) is 3. The summed E-state index contributed by atoms with van der Waals surface area (Å²) in [4.78, 5) is 5.19. The number of rotatable bonds is 4. The molecule has 4 heteroatoms. The minimum Gasteiger partial charge on any atom is -0.380 e. The minimum atomic E-state index is 0.580. The molecule has 0 aliphatic rings. The number of nitrogens with one attached hydrogen (secondary N) is 1. The predicted octanol–water partition coefficient (Wildman–Crippen LogP) is 6.23. The van der Waals surface area contributed by atoms with Crippen LogP contribution in [0.4, 0.5) is 5.69 Å². The Kier molecular flexibility index (Phi) is 4.20. The molecule has 0 saturated heterocycles. The highest BCUT2D eigenvalue weighted by Gasteiger charge is 2.05. The maximum Gasteiger partial charge on any atom is 0.183 e. The van der Waals surface area contributed by atoms with Crippen LogP contribution in [0.2, 0.25) is 4.47 Å². The van der Waals surface area contributed by atoms with E-state index in [0.29, 0.717) is 4.47 Å². The summed E-state index contributed by atoms with van der Waals surface area (Å²) in [5, 5.41) is 5.97. The number of hydrogen-bond donors (Lipinski definition) is 1. The summed E-state index contributed by atoms with van der Waals surface area (Å²) < 4.78 is 0.580. The zero-order valence-electron chi connectivity index (χ0n) is 12.9. The molecule has 0 radical (unpaired) electrons. The van der Waals surface area contributed by atoms with Crippen molar-refractivity contribution in [2.24, 2.45) is 0 Å². The molecular weight excluding hydrogens is 336 g/mol. The zero-order chi connectivity index (χ0) is 16.4. The van der Waals surface area contributed by atoms with Crippen LogP contribution in [0.1, 0.15) is 4.88 Å². The van der Waals surface area contributed by atoms with Gasteiger partial charge in [0.15, 0.2) is 4.47 Å². The molecule has 118 valence electrons. The highest BCUT2D eigenvalue weighted by molar-refractivity contribution is 7.15. The fraction of sp³-hybridized carbons (Fsp3) is 0.0500. The van der Waals surface area contributed by atoms with Crippen LogP contribution < -0.4 is 5.32 Å². The third kappa shape index (κ3) is 3.14. The largest absolute Gasteiger partial charge is 0.380 e. The van der Waals surface area contributed by atoms with Crippen molar-refractivity contribution >= 4 is 39.4 Å². The van der Waals surface area contributed by atoms with Gasteiger partial charge in [0.1, 0.15) is 0 Å². The lowest BCUT2D eigenvalue weighted by molar-refractivity contribution is 1.17. The molecule has 0 saturated carbocycles. The fourth-order valence-corrected chi connectivity index (χ4v) is 3.75. The molecule has 0 amide bonds. The highest BCUT2D eigenvalue weighted by Crippen LogP contribution is 2.30. The van der Waals surface area contributed by atoms with Gasteiger partial charge in [-0.3, -0.25) is 0 Å². The molecule has 0 spiro atoms. The van der Waals surface area contributed by atoms with Crippen molar-refractivity contribution in [3.63, 3.8) is 0 Å². The number of anilines is 1. The first-order valence-electron chi connectivity index (χ1n) is 7.72. The van der Waals surface area contributed by atoms with Gasteiger partial charge in [-0.2, -0.15) is 0 Å². The Morgan fingerprint density at radius 3 is 2.67 bits per heavy atom. The Bertz CT molecular complexity index is 988. The molecule has 0 aliphatic heterocycles. The first-order valence-corrected chi connectivity index (χ1v) is 8.91. The van der Waals surface area contributed by atoms with Crippen molar-refractivity contribution < 1.29 is 0 Å². The molecule has 1 heterocycles. The second kappa shape index (κ2) is 6.63. The average Bonchev–Trinajstić information content (AvgIpc) is 3.05. The first-order chi connectivity index (χ1) is 11.8. The van der Waals surface area contributed by atoms with E-state index < -0.39 is 0 Å². The molecule has 1 N–H and O–H groups in total. The number of halogens is 1. The molecule has 2 nitrogen and oxygen atoms in total. The van der Waals surface area contributed by atoms with E-state index in [0.717, 1.165) is 17.1 Å². The molecule has 3 aromatic carbocycles. The number of nitrogens with zero attached hydrogens (tertiary/aromatic N) is 1. The second-order valence-electron chi connectivity index (χ2n) is 5.54. The Hall–Kier alpha value is -2.36. The summed E-state index contributed by atoms with van der Waals surface area (Å²) in [6.07, 6.45) is 1.81. The van der Waals surface area contributed by atoms with Crippen molar-refractivity contribution in [1.29, 1.82) is 0 Å². The van der Waals surface area contributed by atoms with Gasteiger partial charge in [-0.25, -0.2) is 4.98 Å². The lowest BCUT2D eigenvalue weighted by atomic mass is 9.98. The Morgan fingerprint density at radius 2 is 1.79 bits per heavy atom. The predicted molar refractivity (Wildman–Crippen MR) is 104 cm³/mol. The van der Waals surface area contributed by atoms with E-state index in [9.17, 15) is 0 Å². The quantitative estimate of drug-likeness (QED) is 0.472. The van der Waals surface area contributed by atoms with Crippen LogP contribution >= 0.6 is 22.9 Å². The van der Waals surface area contributed by atoms with Gasteiger partial charge in [0.2, 0.25) is 0 Å². The number of thiazole rings is 1. The van der Waals surface area contributed by atoms with Gasteiger partial charge in [-0.1, -0.05) is 66.2 Å². The third-order valence-electron chi connectivity index (χ3n) is 3.96. The van der Waals surface area contributed by atoms with Crippen LogP contribution in [0.25, 0.3) is 21.9 Å². The van der Waals surface area contributed by atoms with Gasteiger partial charge < -0.3 is 5.32 Å². The van der Waals surface area contributed by atoms with Crippen LogP contribution in [-0.2, 0) is 6.54 Å². The monoisotopic (exact) mass is 350 g/mol. The molecule has 0 atom stereocenters. The zero-order valence-corrected chi connectivity index (χ0v) is 14.4. The van der Waals surface area contributed by atoms with E-state index in [1.165, 1.54) is 33.2 Å². The molecule has 1 aromatic heterocycles. The van der Waals surface area contributed by atoms with E-state index in [2.05, 4.69) is 77.0 Å². The number of benzene rings is 3. The molecule has 24 heavy (non-hydrogen) atoms. The van der Waals surface area contributed by atoms with Crippen LogP contribution in [0, 0.1) is 0 Å².